The van der Waals surface area contributed by atoms with Gasteiger partial charge in [-0.25, -0.2) is 8.42 Å². The molecule has 0 atom stereocenters. The Hall–Kier alpha value is -1.36. The molecule has 1 aliphatic rings. The van der Waals surface area contributed by atoms with Crippen molar-refractivity contribution in [3.63, 3.8) is 0 Å². The van der Waals surface area contributed by atoms with Crippen LogP contribution in [-0.4, -0.2) is 19.1 Å². The van der Waals surface area contributed by atoms with Crippen LogP contribution in [0.5, 0.6) is 0 Å². The molecule has 2 rings (SSSR count). The van der Waals surface area contributed by atoms with Crippen LogP contribution < -0.4 is 5.32 Å². The van der Waals surface area contributed by atoms with Gasteiger partial charge in [0, 0.05) is 0 Å². The third-order valence-corrected chi connectivity index (χ3v) is 5.69. The Morgan fingerprint density at radius 1 is 1.29 bits per heavy atom. The molecular weight excluding hydrogens is 238 g/mol. The minimum absolute atomic E-state index is 0.224. The number of sulfone groups is 1. The molecule has 0 spiro atoms. The Morgan fingerprint density at radius 3 is 2.53 bits per heavy atom. The monoisotopic (exact) mass is 253 g/mol. The summed E-state index contributed by atoms with van der Waals surface area (Å²) in [6, 6.07) is 5.08. The van der Waals surface area contributed by atoms with Crippen molar-refractivity contribution in [1.29, 1.82) is 0 Å². The second-order valence-corrected chi connectivity index (χ2v) is 7.08. The van der Waals surface area contributed by atoms with E-state index in [1.54, 1.807) is 12.1 Å². The third kappa shape index (κ3) is 1.49. The Morgan fingerprint density at radius 2 is 1.94 bits per heavy atom. The van der Waals surface area contributed by atoms with Crippen molar-refractivity contribution in [2.75, 3.05) is 5.32 Å². The number of anilines is 1. The van der Waals surface area contributed by atoms with Crippen LogP contribution in [0.2, 0.25) is 0 Å². The minimum atomic E-state index is -3.61. The van der Waals surface area contributed by atoms with E-state index in [-0.39, 0.29) is 4.90 Å². The lowest BCUT2D eigenvalue weighted by molar-refractivity contribution is -0.118. The van der Waals surface area contributed by atoms with E-state index in [1.807, 2.05) is 13.0 Å². The SMILES string of the molecule is CCc1cccc2c1NC(=O)C(C)(C)S2(=O)=O. The molecule has 0 saturated heterocycles. The molecule has 0 radical (unpaired) electrons. The molecule has 1 N–H and O–H groups in total. The largest absolute Gasteiger partial charge is 0.323 e. The number of benzene rings is 1. The van der Waals surface area contributed by atoms with E-state index >= 15 is 0 Å². The van der Waals surface area contributed by atoms with Crippen molar-refractivity contribution in [2.45, 2.75) is 36.8 Å². The van der Waals surface area contributed by atoms with Gasteiger partial charge in [0.15, 0.2) is 9.84 Å². The van der Waals surface area contributed by atoms with Crippen molar-refractivity contribution >= 4 is 21.4 Å². The summed E-state index contributed by atoms with van der Waals surface area (Å²) in [7, 11) is -3.61. The number of hydrogen-bond acceptors (Lipinski definition) is 3. The molecule has 1 aromatic rings. The van der Waals surface area contributed by atoms with Gasteiger partial charge < -0.3 is 5.32 Å². The quantitative estimate of drug-likeness (QED) is 0.829. The Kier molecular flexibility index (Phi) is 2.54. The average molecular weight is 253 g/mol. The number of carbonyl (C=O) groups is 1. The Bertz CT molecular complexity index is 588. The summed E-state index contributed by atoms with van der Waals surface area (Å²) in [5.41, 5.74) is 1.29. The number of para-hydroxylation sites is 1. The Labute approximate surface area is 101 Å². The topological polar surface area (TPSA) is 63.2 Å². The predicted octanol–water partition coefficient (Wildman–Crippen LogP) is 1.75. The molecule has 4 nitrogen and oxygen atoms in total. The summed E-state index contributed by atoms with van der Waals surface area (Å²) < 4.78 is 23.3. The maximum Gasteiger partial charge on any atom is 0.245 e. The van der Waals surface area contributed by atoms with Crippen LogP contribution in [0.3, 0.4) is 0 Å². The molecule has 17 heavy (non-hydrogen) atoms. The molecule has 0 unspecified atom stereocenters. The van der Waals surface area contributed by atoms with Crippen LogP contribution in [-0.2, 0) is 21.1 Å². The number of rotatable bonds is 1. The first kappa shape index (κ1) is 12.1. The van der Waals surface area contributed by atoms with Crippen LogP contribution >= 0.6 is 0 Å². The molecule has 0 fully saturated rings. The number of nitrogens with one attached hydrogen (secondary N) is 1. The van der Waals surface area contributed by atoms with E-state index in [0.717, 1.165) is 5.56 Å². The molecule has 1 aromatic carbocycles. The van der Waals surface area contributed by atoms with Gasteiger partial charge in [-0.3, -0.25) is 4.79 Å². The van der Waals surface area contributed by atoms with Gasteiger partial charge in [-0.15, -0.1) is 0 Å². The zero-order valence-corrected chi connectivity index (χ0v) is 10.9. The lowest BCUT2D eigenvalue weighted by atomic mass is 10.1. The normalized spacial score (nSPS) is 20.5. The molecular formula is C12H15NO3S. The summed E-state index contributed by atoms with van der Waals surface area (Å²) in [6.07, 6.45) is 0.680. The summed E-state index contributed by atoms with van der Waals surface area (Å²) in [6.45, 7) is 4.78. The van der Waals surface area contributed by atoms with Gasteiger partial charge in [0.2, 0.25) is 5.91 Å². The predicted molar refractivity (Wildman–Crippen MR) is 65.7 cm³/mol. The molecule has 92 valence electrons. The summed E-state index contributed by atoms with van der Waals surface area (Å²) in [5.74, 6) is -0.467. The van der Waals surface area contributed by atoms with E-state index in [9.17, 15) is 13.2 Å². The molecule has 1 amide bonds. The van der Waals surface area contributed by atoms with Crippen LogP contribution in [0, 0.1) is 0 Å². The lowest BCUT2D eigenvalue weighted by Crippen LogP contribution is -2.48. The summed E-state index contributed by atoms with van der Waals surface area (Å²) in [5, 5.41) is 2.71. The highest BCUT2D eigenvalue weighted by atomic mass is 32.2. The molecule has 5 heteroatoms. The molecule has 1 aliphatic heterocycles. The summed E-state index contributed by atoms with van der Waals surface area (Å²) in [4.78, 5) is 12.1. The van der Waals surface area contributed by atoms with E-state index in [2.05, 4.69) is 5.32 Å². The van der Waals surface area contributed by atoms with Gasteiger partial charge in [-0.2, -0.15) is 0 Å². The minimum Gasteiger partial charge on any atom is -0.323 e. The van der Waals surface area contributed by atoms with Crippen LogP contribution in [0.4, 0.5) is 5.69 Å². The van der Waals surface area contributed by atoms with Gasteiger partial charge >= 0.3 is 0 Å². The fourth-order valence-corrected chi connectivity index (χ4v) is 3.45. The smallest absolute Gasteiger partial charge is 0.245 e. The first-order valence-corrected chi connectivity index (χ1v) is 6.98. The average Bonchev–Trinajstić information content (AvgIpc) is 2.27. The molecule has 0 aromatic heterocycles. The fraction of sp³-hybridized carbons (Fsp3) is 0.417. The van der Waals surface area contributed by atoms with Crippen molar-refractivity contribution in [2.24, 2.45) is 0 Å². The van der Waals surface area contributed by atoms with E-state index in [4.69, 9.17) is 0 Å². The molecule has 1 heterocycles. The summed E-state index contributed by atoms with van der Waals surface area (Å²) >= 11 is 0. The van der Waals surface area contributed by atoms with Gasteiger partial charge in [-0.1, -0.05) is 19.1 Å². The second-order valence-electron chi connectivity index (χ2n) is 4.61. The van der Waals surface area contributed by atoms with Gasteiger partial charge in [0.1, 0.15) is 4.75 Å². The van der Waals surface area contributed by atoms with Crippen molar-refractivity contribution in [3.8, 4) is 0 Å². The van der Waals surface area contributed by atoms with Crippen molar-refractivity contribution in [1.82, 2.24) is 0 Å². The standard InChI is InChI=1S/C12H15NO3S/c1-4-8-6-5-7-9-10(8)13-11(14)12(2,3)17(9,15)16/h5-7H,4H2,1-3H3,(H,13,14). The highest BCUT2D eigenvalue weighted by Gasteiger charge is 2.47. The maximum absolute atomic E-state index is 12.3. The second kappa shape index (κ2) is 3.57. The first-order chi connectivity index (χ1) is 7.82. The Balaban J connectivity index is 2.79. The van der Waals surface area contributed by atoms with Crippen LogP contribution in [0.1, 0.15) is 26.3 Å². The van der Waals surface area contributed by atoms with Crippen molar-refractivity contribution in [3.05, 3.63) is 23.8 Å². The van der Waals surface area contributed by atoms with Crippen LogP contribution in [0.15, 0.2) is 23.1 Å². The highest BCUT2D eigenvalue weighted by molar-refractivity contribution is 7.94. The zero-order chi connectivity index (χ0) is 12.8. The fourth-order valence-electron chi connectivity index (χ4n) is 1.90. The van der Waals surface area contributed by atoms with Crippen molar-refractivity contribution < 1.29 is 13.2 Å². The highest BCUT2D eigenvalue weighted by Crippen LogP contribution is 2.38. The van der Waals surface area contributed by atoms with Gasteiger partial charge in [0.25, 0.3) is 0 Å². The first-order valence-electron chi connectivity index (χ1n) is 5.50. The van der Waals surface area contributed by atoms with Gasteiger partial charge in [0.05, 0.1) is 10.6 Å². The van der Waals surface area contributed by atoms with E-state index < -0.39 is 20.5 Å². The van der Waals surface area contributed by atoms with E-state index in [0.29, 0.717) is 12.1 Å². The molecule has 0 aliphatic carbocycles. The number of fused-ring (bicyclic) bond motifs is 1. The third-order valence-electron chi connectivity index (χ3n) is 3.24. The molecule has 0 bridgehead atoms. The number of carbonyl (C=O) groups excluding carboxylic acids is 1. The molecule has 0 saturated carbocycles. The lowest BCUT2D eigenvalue weighted by Gasteiger charge is -2.31. The maximum atomic E-state index is 12.3. The number of hydrogen-bond donors (Lipinski definition) is 1. The van der Waals surface area contributed by atoms with E-state index in [1.165, 1.54) is 13.8 Å². The van der Waals surface area contributed by atoms with Gasteiger partial charge in [-0.05, 0) is 31.9 Å². The zero-order valence-electron chi connectivity index (χ0n) is 10.1. The number of amides is 1. The van der Waals surface area contributed by atoms with Crippen LogP contribution in [0.25, 0.3) is 0 Å². The number of aryl methyl sites for hydroxylation is 1.